The third-order valence-corrected chi connectivity index (χ3v) is 3.07. The molecule has 4 nitrogen and oxygen atoms in total. The van der Waals surface area contributed by atoms with Crippen molar-refractivity contribution >= 4 is 5.91 Å². The van der Waals surface area contributed by atoms with Gasteiger partial charge in [0.25, 0.3) is 0 Å². The molecule has 0 saturated carbocycles. The number of likely N-dealkylation sites (tertiary alicyclic amines) is 1. The molecule has 0 radical (unpaired) electrons. The lowest BCUT2D eigenvalue weighted by Gasteiger charge is -2.47. The highest BCUT2D eigenvalue weighted by Gasteiger charge is 2.43. The second-order valence-corrected chi connectivity index (χ2v) is 4.11. The van der Waals surface area contributed by atoms with Gasteiger partial charge in [0.2, 0.25) is 5.91 Å². The molecule has 1 rings (SSSR count). The van der Waals surface area contributed by atoms with E-state index in [9.17, 15) is 9.90 Å². The fraction of sp³-hybridized carbons (Fsp3) is 0.900. The highest BCUT2D eigenvalue weighted by molar-refractivity contribution is 5.80. The molecular weight excluding hydrogens is 180 g/mol. The van der Waals surface area contributed by atoms with Crippen LogP contribution in [0.2, 0.25) is 0 Å². The van der Waals surface area contributed by atoms with Crippen LogP contribution in [0.15, 0.2) is 0 Å². The van der Waals surface area contributed by atoms with Crippen molar-refractivity contribution in [2.75, 3.05) is 19.6 Å². The molecule has 1 saturated heterocycles. The van der Waals surface area contributed by atoms with Crippen LogP contribution in [0.1, 0.15) is 26.7 Å². The number of carbonyl (C=O) groups is 1. The summed E-state index contributed by atoms with van der Waals surface area (Å²) >= 11 is 0. The molecule has 1 amide bonds. The molecule has 1 unspecified atom stereocenters. The predicted molar refractivity (Wildman–Crippen MR) is 54.7 cm³/mol. The summed E-state index contributed by atoms with van der Waals surface area (Å²) in [7, 11) is 0. The monoisotopic (exact) mass is 200 g/mol. The highest BCUT2D eigenvalue weighted by atomic mass is 16.3. The summed E-state index contributed by atoms with van der Waals surface area (Å²) in [6.45, 7) is 5.23. The lowest BCUT2D eigenvalue weighted by Crippen LogP contribution is -2.64. The van der Waals surface area contributed by atoms with Crippen LogP contribution in [0.5, 0.6) is 0 Å². The van der Waals surface area contributed by atoms with Crippen molar-refractivity contribution in [1.29, 1.82) is 0 Å². The Kier molecular flexibility index (Phi) is 3.50. The Morgan fingerprint density at radius 3 is 2.50 bits per heavy atom. The Morgan fingerprint density at radius 1 is 1.57 bits per heavy atom. The third kappa shape index (κ3) is 2.07. The lowest BCUT2D eigenvalue weighted by molar-refractivity contribution is -0.159. The molecule has 3 N–H and O–H groups in total. The summed E-state index contributed by atoms with van der Waals surface area (Å²) in [6.07, 6.45) is 1.48. The van der Waals surface area contributed by atoms with E-state index in [2.05, 4.69) is 0 Å². The number of hydrogen-bond donors (Lipinski definition) is 2. The minimum atomic E-state index is -0.636. The topological polar surface area (TPSA) is 66.6 Å². The Morgan fingerprint density at radius 2 is 2.14 bits per heavy atom. The van der Waals surface area contributed by atoms with Crippen molar-refractivity contribution in [2.45, 2.75) is 32.3 Å². The van der Waals surface area contributed by atoms with Crippen molar-refractivity contribution in [3.8, 4) is 0 Å². The van der Waals surface area contributed by atoms with Crippen LogP contribution < -0.4 is 5.73 Å². The van der Waals surface area contributed by atoms with E-state index in [0.717, 1.165) is 6.42 Å². The molecule has 0 bridgehead atoms. The second-order valence-electron chi connectivity index (χ2n) is 4.11. The molecular formula is C10H20N2O2. The van der Waals surface area contributed by atoms with E-state index in [4.69, 9.17) is 5.73 Å². The average molecular weight is 200 g/mol. The van der Waals surface area contributed by atoms with E-state index in [1.54, 1.807) is 4.90 Å². The summed E-state index contributed by atoms with van der Waals surface area (Å²) in [6, 6.07) is 0. The van der Waals surface area contributed by atoms with Crippen molar-refractivity contribution in [1.82, 2.24) is 4.90 Å². The smallest absolute Gasteiger partial charge is 0.227 e. The van der Waals surface area contributed by atoms with Gasteiger partial charge in [-0.2, -0.15) is 0 Å². The Labute approximate surface area is 85.1 Å². The molecule has 14 heavy (non-hydrogen) atoms. The van der Waals surface area contributed by atoms with Crippen molar-refractivity contribution in [2.24, 2.45) is 11.7 Å². The number of amides is 1. The Bertz CT molecular complexity index is 208. The molecule has 1 atom stereocenters. The Balaban J connectivity index is 2.43. The molecule has 1 heterocycles. The molecule has 0 aliphatic carbocycles. The molecule has 0 aromatic rings. The van der Waals surface area contributed by atoms with Crippen molar-refractivity contribution in [3.63, 3.8) is 0 Å². The maximum atomic E-state index is 11.7. The fourth-order valence-electron chi connectivity index (χ4n) is 1.74. The first-order valence-corrected chi connectivity index (χ1v) is 5.27. The van der Waals surface area contributed by atoms with E-state index >= 15 is 0 Å². The number of nitrogens with zero attached hydrogens (tertiary/aromatic N) is 1. The normalized spacial score (nSPS) is 21.6. The zero-order valence-electron chi connectivity index (χ0n) is 8.99. The van der Waals surface area contributed by atoms with Gasteiger partial charge in [0.15, 0.2) is 0 Å². The van der Waals surface area contributed by atoms with Crippen LogP contribution in [-0.4, -0.2) is 41.1 Å². The zero-order chi connectivity index (χ0) is 10.8. The summed E-state index contributed by atoms with van der Waals surface area (Å²) < 4.78 is 0. The number of nitrogens with two attached hydrogens (primary N) is 1. The molecule has 1 aliphatic heterocycles. The predicted octanol–water partition coefficient (Wildman–Crippen LogP) is -0.0454. The van der Waals surface area contributed by atoms with E-state index < -0.39 is 5.60 Å². The molecule has 0 aromatic heterocycles. The largest absolute Gasteiger partial charge is 0.386 e. The zero-order valence-corrected chi connectivity index (χ0v) is 8.99. The highest BCUT2D eigenvalue weighted by Crippen LogP contribution is 2.25. The quantitative estimate of drug-likeness (QED) is 0.669. The van der Waals surface area contributed by atoms with Crippen LogP contribution >= 0.6 is 0 Å². The number of aliphatic hydroxyl groups is 1. The summed E-state index contributed by atoms with van der Waals surface area (Å²) in [4.78, 5) is 13.4. The summed E-state index contributed by atoms with van der Waals surface area (Å²) in [5, 5.41) is 9.74. The third-order valence-electron chi connectivity index (χ3n) is 3.07. The van der Waals surface area contributed by atoms with Crippen LogP contribution in [0.25, 0.3) is 0 Å². The number of rotatable bonds is 4. The van der Waals surface area contributed by atoms with E-state index in [-0.39, 0.29) is 11.8 Å². The lowest BCUT2D eigenvalue weighted by atomic mass is 9.89. The molecule has 4 heteroatoms. The first-order valence-electron chi connectivity index (χ1n) is 5.27. The van der Waals surface area contributed by atoms with Crippen LogP contribution in [0.3, 0.4) is 0 Å². The first-order chi connectivity index (χ1) is 6.56. The Hall–Kier alpha value is -0.610. The van der Waals surface area contributed by atoms with Crippen molar-refractivity contribution in [3.05, 3.63) is 0 Å². The van der Waals surface area contributed by atoms with Gasteiger partial charge in [-0.25, -0.2) is 0 Å². The SMILES string of the molecule is CCC(CN)C(=O)N1CC(O)(CC)C1. The van der Waals surface area contributed by atoms with Crippen LogP contribution in [0.4, 0.5) is 0 Å². The molecule has 0 spiro atoms. The van der Waals surface area contributed by atoms with Gasteiger partial charge in [-0.3, -0.25) is 4.79 Å². The molecule has 0 aromatic carbocycles. The van der Waals surface area contributed by atoms with E-state index in [0.29, 0.717) is 26.1 Å². The average Bonchev–Trinajstić information content (AvgIpc) is 2.14. The maximum Gasteiger partial charge on any atom is 0.227 e. The van der Waals surface area contributed by atoms with Crippen LogP contribution in [0, 0.1) is 5.92 Å². The van der Waals surface area contributed by atoms with Gasteiger partial charge in [0.1, 0.15) is 0 Å². The first kappa shape index (κ1) is 11.5. The fourth-order valence-corrected chi connectivity index (χ4v) is 1.74. The number of β-amino-alcohol motifs (C(OH)–C–C–N with tert-alkyl or cyclic N) is 1. The van der Waals surface area contributed by atoms with E-state index in [1.165, 1.54) is 0 Å². The minimum Gasteiger partial charge on any atom is -0.386 e. The summed E-state index contributed by atoms with van der Waals surface area (Å²) in [5.74, 6) is 0.0181. The molecule has 1 fully saturated rings. The van der Waals surface area contributed by atoms with Crippen LogP contribution in [-0.2, 0) is 4.79 Å². The minimum absolute atomic E-state index is 0.0728. The number of hydrogen-bond acceptors (Lipinski definition) is 3. The van der Waals surface area contributed by atoms with Gasteiger partial charge in [-0.15, -0.1) is 0 Å². The second kappa shape index (κ2) is 4.28. The standard InChI is InChI=1S/C10H20N2O2/c1-3-8(5-11)9(13)12-6-10(14,4-2)7-12/h8,14H,3-7,11H2,1-2H3. The van der Waals surface area contributed by atoms with Gasteiger partial charge in [-0.05, 0) is 12.8 Å². The van der Waals surface area contributed by atoms with Gasteiger partial charge in [0.05, 0.1) is 24.6 Å². The maximum absolute atomic E-state index is 11.7. The molecule has 1 aliphatic rings. The summed E-state index contributed by atoms with van der Waals surface area (Å²) in [5.41, 5.74) is 4.85. The van der Waals surface area contributed by atoms with Gasteiger partial charge in [-0.1, -0.05) is 13.8 Å². The van der Waals surface area contributed by atoms with Gasteiger partial charge in [0, 0.05) is 6.54 Å². The molecule has 82 valence electrons. The van der Waals surface area contributed by atoms with Crippen molar-refractivity contribution < 1.29 is 9.90 Å². The van der Waals surface area contributed by atoms with Gasteiger partial charge >= 0.3 is 0 Å². The number of carbonyl (C=O) groups excluding carboxylic acids is 1. The van der Waals surface area contributed by atoms with E-state index in [1.807, 2.05) is 13.8 Å². The van der Waals surface area contributed by atoms with Gasteiger partial charge < -0.3 is 15.7 Å².